The summed E-state index contributed by atoms with van der Waals surface area (Å²) in [5.74, 6) is 0. The van der Waals surface area contributed by atoms with Gasteiger partial charge >= 0.3 is 0 Å². The van der Waals surface area contributed by atoms with Crippen LogP contribution >= 0.6 is 0 Å². The van der Waals surface area contributed by atoms with Gasteiger partial charge in [0.1, 0.15) is 11.2 Å². The third-order valence-electron chi connectivity index (χ3n) is 13.2. The Kier molecular flexibility index (Phi) is 7.66. The molecule has 2 aliphatic carbocycles. The molecule has 284 valence electrons. The maximum absolute atomic E-state index is 6.79. The molecule has 0 saturated carbocycles. The summed E-state index contributed by atoms with van der Waals surface area (Å²) in [6.45, 7) is 32.4. The molecule has 0 aliphatic heterocycles. The quantitative estimate of drug-likeness (QED) is 0.180. The van der Waals surface area contributed by atoms with E-state index in [2.05, 4.69) is 193 Å². The highest BCUT2D eigenvalue weighted by Crippen LogP contribution is 2.55. The molecule has 2 nitrogen and oxygen atoms in total. The highest BCUT2D eigenvalue weighted by molar-refractivity contribution is 6.08. The molecule has 2 aliphatic rings. The summed E-state index contributed by atoms with van der Waals surface area (Å²) < 4.78 is 6.79. The number of hydrogen-bond donors (Lipinski definition) is 0. The summed E-state index contributed by atoms with van der Waals surface area (Å²) >= 11 is 0. The first-order valence-electron chi connectivity index (χ1n) is 20.5. The minimum absolute atomic E-state index is 0.00118. The molecule has 0 unspecified atom stereocenters. The molecular weight excluding hydrogens is 679 g/mol. The van der Waals surface area contributed by atoms with Gasteiger partial charge in [-0.25, -0.2) is 0 Å². The van der Waals surface area contributed by atoms with Crippen molar-refractivity contribution in [1.82, 2.24) is 0 Å². The number of anilines is 3. The van der Waals surface area contributed by atoms with Crippen molar-refractivity contribution in [2.75, 3.05) is 4.90 Å². The maximum Gasteiger partial charge on any atom is 0.139 e. The Labute approximate surface area is 334 Å². The second kappa shape index (κ2) is 11.7. The molecule has 0 spiro atoms. The third kappa shape index (κ3) is 5.28. The van der Waals surface area contributed by atoms with Crippen molar-refractivity contribution in [1.29, 1.82) is 0 Å². The SMILES string of the molecule is Cc1cc(C)c2c(c1)C(C)(C)c1cc(N(c3ccc4c(c3)C(C)(C)c3cc(C)cc(C)c3-4)c3ccc4oc5c(C(C)(C)C)cc(C(C)(C)C)cc5c4c3)ccc1-2. The van der Waals surface area contributed by atoms with Gasteiger partial charge in [0.05, 0.1) is 0 Å². The molecule has 9 rings (SSSR count). The topological polar surface area (TPSA) is 16.4 Å². The average molecular weight is 736 g/mol. The summed E-state index contributed by atoms with van der Waals surface area (Å²) in [6.07, 6.45) is 0. The molecule has 0 saturated heterocycles. The van der Waals surface area contributed by atoms with Gasteiger partial charge < -0.3 is 9.32 Å². The number of aryl methyl sites for hydroxylation is 4. The number of fused-ring (bicyclic) bond motifs is 9. The summed E-state index contributed by atoms with van der Waals surface area (Å²) in [7, 11) is 0. The Balaban J connectivity index is 1.30. The van der Waals surface area contributed by atoms with Crippen molar-refractivity contribution in [2.24, 2.45) is 0 Å². The normalized spacial score (nSPS) is 15.2. The predicted molar refractivity (Wildman–Crippen MR) is 240 cm³/mol. The van der Waals surface area contributed by atoms with E-state index in [4.69, 9.17) is 4.42 Å². The number of hydrogen-bond acceptors (Lipinski definition) is 2. The molecule has 0 N–H and O–H groups in total. The molecule has 0 fully saturated rings. The van der Waals surface area contributed by atoms with E-state index in [1.165, 1.54) is 83.3 Å². The van der Waals surface area contributed by atoms with Crippen LogP contribution in [0.15, 0.2) is 95.4 Å². The van der Waals surface area contributed by atoms with Gasteiger partial charge in [-0.1, -0.05) is 123 Å². The number of nitrogens with zero attached hydrogens (tertiary/aromatic N) is 1. The summed E-state index contributed by atoms with van der Waals surface area (Å²) in [4.78, 5) is 2.49. The molecule has 2 heteroatoms. The highest BCUT2D eigenvalue weighted by Gasteiger charge is 2.39. The lowest BCUT2D eigenvalue weighted by atomic mass is 9.79. The molecule has 56 heavy (non-hydrogen) atoms. The fraction of sp³-hybridized carbons (Fsp3) is 0.333. The molecule has 1 aromatic heterocycles. The smallest absolute Gasteiger partial charge is 0.139 e. The van der Waals surface area contributed by atoms with Gasteiger partial charge in [0.2, 0.25) is 0 Å². The maximum atomic E-state index is 6.79. The summed E-state index contributed by atoms with van der Waals surface area (Å²) in [5.41, 5.74) is 24.1. The van der Waals surface area contributed by atoms with E-state index < -0.39 is 0 Å². The van der Waals surface area contributed by atoms with E-state index in [9.17, 15) is 0 Å². The van der Waals surface area contributed by atoms with Crippen LogP contribution in [-0.4, -0.2) is 0 Å². The van der Waals surface area contributed by atoms with E-state index in [1.54, 1.807) is 0 Å². The second-order valence-electron chi connectivity index (χ2n) is 20.2. The van der Waals surface area contributed by atoms with Gasteiger partial charge in [0.15, 0.2) is 0 Å². The molecule has 1 heterocycles. The number of furan rings is 1. The van der Waals surface area contributed by atoms with Crippen LogP contribution in [0, 0.1) is 27.7 Å². The molecule has 0 radical (unpaired) electrons. The Bertz CT molecular complexity index is 2690. The van der Waals surface area contributed by atoms with E-state index in [1.807, 2.05) is 0 Å². The van der Waals surface area contributed by atoms with Gasteiger partial charge in [-0.05, 0) is 148 Å². The van der Waals surface area contributed by atoms with E-state index in [0.717, 1.165) is 33.6 Å². The highest BCUT2D eigenvalue weighted by atomic mass is 16.3. The van der Waals surface area contributed by atoms with Crippen molar-refractivity contribution in [3.8, 4) is 22.3 Å². The molecular formula is C54H57NO. The lowest BCUT2D eigenvalue weighted by molar-refractivity contribution is 0.559. The molecule has 0 atom stereocenters. The van der Waals surface area contributed by atoms with Crippen LogP contribution in [0.4, 0.5) is 17.1 Å². The van der Waals surface area contributed by atoms with Crippen LogP contribution < -0.4 is 4.90 Å². The lowest BCUT2D eigenvalue weighted by Gasteiger charge is -2.30. The van der Waals surface area contributed by atoms with Gasteiger partial charge in [0.25, 0.3) is 0 Å². The van der Waals surface area contributed by atoms with Gasteiger partial charge in [-0.3, -0.25) is 0 Å². The van der Waals surface area contributed by atoms with Crippen molar-refractivity contribution >= 4 is 39.0 Å². The van der Waals surface area contributed by atoms with E-state index >= 15 is 0 Å². The molecule has 0 amide bonds. The Hall–Kier alpha value is -5.08. The van der Waals surface area contributed by atoms with E-state index in [-0.39, 0.29) is 21.7 Å². The Morgan fingerprint density at radius 1 is 0.482 bits per heavy atom. The van der Waals surface area contributed by atoms with E-state index in [0.29, 0.717) is 0 Å². The third-order valence-corrected chi connectivity index (χ3v) is 13.2. The fourth-order valence-electron chi connectivity index (χ4n) is 10.2. The van der Waals surface area contributed by atoms with Crippen LogP contribution in [0.2, 0.25) is 0 Å². The standard InChI is InChI=1S/C54H57NO/c1-30-21-32(3)48-38-18-15-36(28-42(38)53(11,12)44(48)23-30)55(37-16-19-39-43(29-37)54(13,14)45-24-31(2)22-33(4)49(39)45)35-17-20-47-40(27-35)41-25-34(51(5,6)7)26-46(50(41)56-47)52(8,9)10/h15-29H,1-14H3. The van der Waals surface area contributed by atoms with Crippen molar-refractivity contribution < 1.29 is 4.42 Å². The predicted octanol–water partition coefficient (Wildman–Crippen LogP) is 15.5. The zero-order valence-corrected chi connectivity index (χ0v) is 36.0. The lowest BCUT2D eigenvalue weighted by Crippen LogP contribution is -2.18. The van der Waals surface area contributed by atoms with Crippen LogP contribution in [0.25, 0.3) is 44.2 Å². The minimum Gasteiger partial charge on any atom is -0.456 e. The zero-order chi connectivity index (χ0) is 40.0. The van der Waals surface area contributed by atoms with Crippen LogP contribution in [-0.2, 0) is 21.7 Å². The first-order valence-corrected chi connectivity index (χ1v) is 20.5. The largest absolute Gasteiger partial charge is 0.456 e. The molecule has 6 aromatic carbocycles. The summed E-state index contributed by atoms with van der Waals surface area (Å²) in [6, 6.07) is 35.4. The minimum atomic E-state index is -0.127. The van der Waals surface area contributed by atoms with Gasteiger partial charge in [-0.15, -0.1) is 0 Å². The molecule has 7 aromatic rings. The second-order valence-corrected chi connectivity index (χ2v) is 20.2. The van der Waals surface area contributed by atoms with Crippen LogP contribution in [0.3, 0.4) is 0 Å². The van der Waals surface area contributed by atoms with Crippen LogP contribution in [0.5, 0.6) is 0 Å². The fourth-order valence-corrected chi connectivity index (χ4v) is 10.2. The van der Waals surface area contributed by atoms with Crippen molar-refractivity contribution in [3.63, 3.8) is 0 Å². The van der Waals surface area contributed by atoms with Crippen LogP contribution in [0.1, 0.15) is 125 Å². The number of rotatable bonds is 3. The zero-order valence-electron chi connectivity index (χ0n) is 36.0. The van der Waals surface area contributed by atoms with Gasteiger partial charge in [0, 0.05) is 44.2 Å². The van der Waals surface area contributed by atoms with Crippen molar-refractivity contribution in [2.45, 2.75) is 119 Å². The Morgan fingerprint density at radius 3 is 1.45 bits per heavy atom. The molecule has 0 bridgehead atoms. The Morgan fingerprint density at radius 2 is 0.964 bits per heavy atom. The first-order chi connectivity index (χ1) is 26.2. The number of benzene rings is 6. The first kappa shape index (κ1) is 36.6. The summed E-state index contributed by atoms with van der Waals surface area (Å²) in [5, 5.41) is 2.34. The van der Waals surface area contributed by atoms with Crippen molar-refractivity contribution in [3.05, 3.63) is 147 Å². The average Bonchev–Trinajstić information content (AvgIpc) is 3.66. The van der Waals surface area contributed by atoms with Gasteiger partial charge in [-0.2, -0.15) is 0 Å². The monoisotopic (exact) mass is 735 g/mol.